The van der Waals surface area contributed by atoms with E-state index in [9.17, 15) is 4.79 Å². The Morgan fingerprint density at radius 2 is 1.61 bits per heavy atom. The first-order chi connectivity index (χ1) is 15.2. The standard InChI is InChI=1S/C25H24N4O2/c1-18-24(27-28-29(18)21-14-9-15-22(16-21)31-2)25(30)26-17-23(19-10-5-3-6-11-19)20-12-7-4-8-13-20/h3-16,23H,17H2,1-2H3,(H,26,30). The Morgan fingerprint density at radius 1 is 0.968 bits per heavy atom. The molecule has 0 saturated carbocycles. The number of nitrogens with one attached hydrogen (secondary N) is 1. The van der Waals surface area contributed by atoms with E-state index in [0.29, 0.717) is 23.7 Å². The molecule has 4 rings (SSSR count). The van der Waals surface area contributed by atoms with Crippen molar-refractivity contribution in [1.29, 1.82) is 0 Å². The van der Waals surface area contributed by atoms with Gasteiger partial charge in [-0.25, -0.2) is 4.68 Å². The number of hydrogen-bond acceptors (Lipinski definition) is 4. The van der Waals surface area contributed by atoms with Crippen LogP contribution in [0, 0.1) is 6.92 Å². The molecule has 1 amide bonds. The van der Waals surface area contributed by atoms with Crippen LogP contribution in [0.15, 0.2) is 84.9 Å². The average molecular weight is 412 g/mol. The quantitative estimate of drug-likeness (QED) is 0.495. The molecule has 0 spiro atoms. The van der Waals surface area contributed by atoms with Crippen LogP contribution in [0.4, 0.5) is 0 Å². The molecule has 6 nitrogen and oxygen atoms in total. The maximum Gasteiger partial charge on any atom is 0.273 e. The smallest absolute Gasteiger partial charge is 0.273 e. The first-order valence-electron chi connectivity index (χ1n) is 10.1. The van der Waals surface area contributed by atoms with Gasteiger partial charge < -0.3 is 10.1 Å². The lowest BCUT2D eigenvalue weighted by molar-refractivity contribution is 0.0946. The highest BCUT2D eigenvalue weighted by Gasteiger charge is 2.20. The van der Waals surface area contributed by atoms with Gasteiger partial charge in [0.1, 0.15) is 5.75 Å². The van der Waals surface area contributed by atoms with Gasteiger partial charge in [0.15, 0.2) is 5.69 Å². The molecular formula is C25H24N4O2. The van der Waals surface area contributed by atoms with Gasteiger partial charge in [-0.15, -0.1) is 5.10 Å². The van der Waals surface area contributed by atoms with Crippen molar-refractivity contribution in [3.8, 4) is 11.4 Å². The minimum absolute atomic E-state index is 0.0417. The summed E-state index contributed by atoms with van der Waals surface area (Å²) in [6, 6.07) is 27.8. The average Bonchev–Trinajstić information content (AvgIpc) is 3.22. The van der Waals surface area contributed by atoms with Crippen LogP contribution >= 0.6 is 0 Å². The van der Waals surface area contributed by atoms with Crippen molar-refractivity contribution in [2.45, 2.75) is 12.8 Å². The number of rotatable bonds is 7. The van der Waals surface area contributed by atoms with Crippen LogP contribution in [0.1, 0.15) is 33.2 Å². The molecule has 3 aromatic carbocycles. The van der Waals surface area contributed by atoms with Gasteiger partial charge in [0, 0.05) is 18.5 Å². The number of nitrogens with zero attached hydrogens (tertiary/aromatic N) is 3. The Kier molecular flexibility index (Phi) is 6.08. The molecule has 1 aromatic heterocycles. The molecule has 156 valence electrons. The molecule has 0 atom stereocenters. The summed E-state index contributed by atoms with van der Waals surface area (Å²) in [5, 5.41) is 11.4. The van der Waals surface area contributed by atoms with Crippen LogP contribution in [0.3, 0.4) is 0 Å². The van der Waals surface area contributed by atoms with E-state index in [0.717, 1.165) is 16.8 Å². The lowest BCUT2D eigenvalue weighted by atomic mass is 9.91. The van der Waals surface area contributed by atoms with E-state index in [1.807, 2.05) is 67.6 Å². The van der Waals surface area contributed by atoms with E-state index in [1.54, 1.807) is 11.8 Å². The maximum atomic E-state index is 12.9. The first kappa shape index (κ1) is 20.3. The Hall–Kier alpha value is -3.93. The van der Waals surface area contributed by atoms with Gasteiger partial charge >= 0.3 is 0 Å². The summed E-state index contributed by atoms with van der Waals surface area (Å²) >= 11 is 0. The van der Waals surface area contributed by atoms with E-state index in [1.165, 1.54) is 0 Å². The molecule has 0 radical (unpaired) electrons. The third kappa shape index (κ3) is 4.48. The highest BCUT2D eigenvalue weighted by Crippen LogP contribution is 2.24. The van der Waals surface area contributed by atoms with E-state index >= 15 is 0 Å². The largest absolute Gasteiger partial charge is 0.497 e. The van der Waals surface area contributed by atoms with E-state index in [2.05, 4.69) is 39.9 Å². The lowest BCUT2D eigenvalue weighted by Gasteiger charge is -2.18. The van der Waals surface area contributed by atoms with Crippen LogP contribution in [0.2, 0.25) is 0 Å². The molecule has 4 aromatic rings. The molecule has 0 bridgehead atoms. The van der Waals surface area contributed by atoms with Crippen LogP contribution in [0.5, 0.6) is 5.75 Å². The molecule has 0 aliphatic heterocycles. The molecule has 0 aliphatic carbocycles. The van der Waals surface area contributed by atoms with Gasteiger partial charge in [-0.3, -0.25) is 4.79 Å². The van der Waals surface area contributed by atoms with Crippen LogP contribution in [-0.2, 0) is 0 Å². The second-order valence-corrected chi connectivity index (χ2v) is 7.22. The zero-order valence-corrected chi connectivity index (χ0v) is 17.5. The first-order valence-corrected chi connectivity index (χ1v) is 10.1. The predicted molar refractivity (Wildman–Crippen MR) is 120 cm³/mol. The van der Waals surface area contributed by atoms with Gasteiger partial charge in [0.25, 0.3) is 5.91 Å². The topological polar surface area (TPSA) is 69.0 Å². The second kappa shape index (κ2) is 9.26. The highest BCUT2D eigenvalue weighted by molar-refractivity contribution is 5.93. The summed E-state index contributed by atoms with van der Waals surface area (Å²) in [4.78, 5) is 12.9. The Balaban J connectivity index is 1.54. The van der Waals surface area contributed by atoms with Gasteiger partial charge in [0.2, 0.25) is 0 Å². The number of benzene rings is 3. The van der Waals surface area contributed by atoms with Crippen LogP contribution < -0.4 is 10.1 Å². The minimum Gasteiger partial charge on any atom is -0.497 e. The maximum absolute atomic E-state index is 12.9. The Bertz CT molecular complexity index is 1120. The van der Waals surface area contributed by atoms with Crippen molar-refractivity contribution < 1.29 is 9.53 Å². The fraction of sp³-hybridized carbons (Fsp3) is 0.160. The lowest BCUT2D eigenvalue weighted by Crippen LogP contribution is -2.29. The Morgan fingerprint density at radius 3 is 2.23 bits per heavy atom. The van der Waals surface area contributed by atoms with Crippen molar-refractivity contribution in [2.24, 2.45) is 0 Å². The predicted octanol–water partition coefficient (Wildman–Crippen LogP) is 4.15. The number of amides is 1. The van der Waals surface area contributed by atoms with E-state index < -0.39 is 0 Å². The van der Waals surface area contributed by atoms with Crippen molar-refractivity contribution in [1.82, 2.24) is 20.3 Å². The van der Waals surface area contributed by atoms with Gasteiger partial charge in [0.05, 0.1) is 18.5 Å². The highest BCUT2D eigenvalue weighted by atomic mass is 16.5. The third-order valence-corrected chi connectivity index (χ3v) is 5.28. The summed E-state index contributed by atoms with van der Waals surface area (Å²) in [5.41, 5.74) is 4.05. The van der Waals surface area contributed by atoms with E-state index in [4.69, 9.17) is 4.74 Å². The van der Waals surface area contributed by atoms with Crippen molar-refractivity contribution >= 4 is 5.91 Å². The molecule has 31 heavy (non-hydrogen) atoms. The monoisotopic (exact) mass is 412 g/mol. The molecule has 1 heterocycles. The number of carbonyl (C=O) groups excluding carboxylic acids is 1. The Labute approximate surface area is 181 Å². The number of aromatic nitrogens is 3. The summed E-state index contributed by atoms with van der Waals surface area (Å²) in [7, 11) is 1.61. The summed E-state index contributed by atoms with van der Waals surface area (Å²) in [6.45, 7) is 2.29. The zero-order valence-electron chi connectivity index (χ0n) is 17.5. The number of ether oxygens (including phenoxy) is 1. The van der Waals surface area contributed by atoms with Crippen LogP contribution in [-0.4, -0.2) is 34.6 Å². The SMILES string of the molecule is COc1cccc(-n2nnc(C(=O)NCC(c3ccccc3)c3ccccc3)c2C)c1. The molecule has 0 saturated heterocycles. The fourth-order valence-electron chi connectivity index (χ4n) is 3.60. The normalized spacial score (nSPS) is 10.8. The van der Waals surface area contributed by atoms with Gasteiger partial charge in [-0.2, -0.15) is 0 Å². The minimum atomic E-state index is -0.247. The zero-order chi connectivity index (χ0) is 21.6. The number of carbonyl (C=O) groups is 1. The van der Waals surface area contributed by atoms with E-state index in [-0.39, 0.29) is 11.8 Å². The fourth-order valence-corrected chi connectivity index (χ4v) is 3.60. The second-order valence-electron chi connectivity index (χ2n) is 7.22. The summed E-state index contributed by atoms with van der Waals surface area (Å²) in [6.07, 6.45) is 0. The molecule has 0 fully saturated rings. The molecule has 0 unspecified atom stereocenters. The molecule has 6 heteroatoms. The number of hydrogen-bond donors (Lipinski definition) is 1. The molecule has 1 N–H and O–H groups in total. The van der Waals surface area contributed by atoms with Gasteiger partial charge in [-0.1, -0.05) is 71.9 Å². The molecule has 0 aliphatic rings. The number of methoxy groups -OCH3 is 1. The van der Waals surface area contributed by atoms with Crippen molar-refractivity contribution in [2.75, 3.05) is 13.7 Å². The van der Waals surface area contributed by atoms with Crippen molar-refractivity contribution in [3.05, 3.63) is 107 Å². The third-order valence-electron chi connectivity index (χ3n) is 5.28. The van der Waals surface area contributed by atoms with Crippen LogP contribution in [0.25, 0.3) is 5.69 Å². The van der Waals surface area contributed by atoms with Crippen molar-refractivity contribution in [3.63, 3.8) is 0 Å². The summed E-state index contributed by atoms with van der Waals surface area (Å²) < 4.78 is 6.92. The summed E-state index contributed by atoms with van der Waals surface area (Å²) in [5.74, 6) is 0.510. The van der Waals surface area contributed by atoms with Gasteiger partial charge in [-0.05, 0) is 30.2 Å². The molecular weight excluding hydrogens is 388 g/mol.